The van der Waals surface area contributed by atoms with Gasteiger partial charge in [0.15, 0.2) is 0 Å². The first-order chi connectivity index (χ1) is 14.6. The Morgan fingerprint density at radius 2 is 1.67 bits per heavy atom. The number of benzene rings is 3. The monoisotopic (exact) mass is 398 g/mol. The Labute approximate surface area is 174 Å². The second-order valence-corrected chi connectivity index (χ2v) is 7.02. The highest BCUT2D eigenvalue weighted by Crippen LogP contribution is 2.19. The van der Waals surface area contributed by atoms with Crippen LogP contribution in [0.15, 0.2) is 79.1 Å². The molecule has 0 aliphatic rings. The van der Waals surface area contributed by atoms with Crippen molar-refractivity contribution < 1.29 is 9.59 Å². The average Bonchev–Trinajstić information content (AvgIpc) is 3.19. The number of para-hydroxylation sites is 2. The van der Waals surface area contributed by atoms with E-state index in [1.54, 1.807) is 12.4 Å². The standard InChI is InChI=1S/C24H22N4O2/c1-17-6-2-3-7-20(17)24(30)25-15-14-23(29)27-18-10-12-19(13-11-18)28-16-26-21-8-4-5-9-22(21)28/h2-13,16H,14-15H2,1H3,(H,25,30)(H,27,29). The molecular formula is C24H22N4O2. The fraction of sp³-hybridized carbons (Fsp3) is 0.125. The smallest absolute Gasteiger partial charge is 0.251 e. The van der Waals surface area contributed by atoms with E-state index in [9.17, 15) is 9.59 Å². The molecule has 0 fully saturated rings. The molecule has 2 amide bonds. The Morgan fingerprint density at radius 1 is 0.933 bits per heavy atom. The van der Waals surface area contributed by atoms with Gasteiger partial charge < -0.3 is 10.6 Å². The number of rotatable bonds is 6. The van der Waals surface area contributed by atoms with Crippen LogP contribution in [0.4, 0.5) is 5.69 Å². The summed E-state index contributed by atoms with van der Waals surface area (Å²) in [6.45, 7) is 2.16. The van der Waals surface area contributed by atoms with Crippen LogP contribution >= 0.6 is 0 Å². The number of carbonyl (C=O) groups is 2. The van der Waals surface area contributed by atoms with Gasteiger partial charge in [-0.05, 0) is 55.0 Å². The van der Waals surface area contributed by atoms with Crippen molar-refractivity contribution in [1.82, 2.24) is 14.9 Å². The normalized spacial score (nSPS) is 10.7. The first kappa shape index (κ1) is 19.4. The highest BCUT2D eigenvalue weighted by atomic mass is 16.2. The van der Waals surface area contributed by atoms with Crippen LogP contribution in [0.3, 0.4) is 0 Å². The fourth-order valence-corrected chi connectivity index (χ4v) is 3.31. The predicted molar refractivity (Wildman–Crippen MR) is 118 cm³/mol. The van der Waals surface area contributed by atoms with Gasteiger partial charge >= 0.3 is 0 Å². The number of amides is 2. The number of hydrogen-bond acceptors (Lipinski definition) is 3. The van der Waals surface area contributed by atoms with Crippen LogP contribution in [-0.2, 0) is 4.79 Å². The zero-order chi connectivity index (χ0) is 20.9. The largest absolute Gasteiger partial charge is 0.352 e. The van der Waals surface area contributed by atoms with E-state index in [0.29, 0.717) is 11.3 Å². The molecule has 0 bridgehead atoms. The third kappa shape index (κ3) is 4.22. The van der Waals surface area contributed by atoms with Crippen molar-refractivity contribution in [3.05, 3.63) is 90.3 Å². The van der Waals surface area contributed by atoms with E-state index in [4.69, 9.17) is 0 Å². The maximum Gasteiger partial charge on any atom is 0.251 e. The molecule has 150 valence electrons. The van der Waals surface area contributed by atoms with E-state index in [1.807, 2.05) is 78.2 Å². The van der Waals surface area contributed by atoms with E-state index in [0.717, 1.165) is 22.3 Å². The molecule has 0 saturated carbocycles. The van der Waals surface area contributed by atoms with Crippen molar-refractivity contribution >= 4 is 28.5 Å². The topological polar surface area (TPSA) is 76.0 Å². The average molecular weight is 398 g/mol. The van der Waals surface area contributed by atoms with Crippen molar-refractivity contribution in [2.45, 2.75) is 13.3 Å². The highest BCUT2D eigenvalue weighted by Gasteiger charge is 2.09. The van der Waals surface area contributed by atoms with Crippen molar-refractivity contribution in [3.63, 3.8) is 0 Å². The van der Waals surface area contributed by atoms with Crippen LogP contribution in [0.1, 0.15) is 22.3 Å². The van der Waals surface area contributed by atoms with Gasteiger partial charge in [0.1, 0.15) is 6.33 Å². The summed E-state index contributed by atoms with van der Waals surface area (Å²) in [5.41, 5.74) is 5.16. The van der Waals surface area contributed by atoms with E-state index < -0.39 is 0 Å². The van der Waals surface area contributed by atoms with Gasteiger partial charge in [-0.1, -0.05) is 30.3 Å². The van der Waals surface area contributed by atoms with Gasteiger partial charge in [0, 0.05) is 29.9 Å². The second-order valence-electron chi connectivity index (χ2n) is 7.02. The summed E-state index contributed by atoms with van der Waals surface area (Å²) in [4.78, 5) is 28.8. The summed E-state index contributed by atoms with van der Waals surface area (Å²) >= 11 is 0. The van der Waals surface area contributed by atoms with Crippen molar-refractivity contribution in [3.8, 4) is 5.69 Å². The van der Waals surface area contributed by atoms with Gasteiger partial charge in [-0.2, -0.15) is 0 Å². The first-order valence-corrected chi connectivity index (χ1v) is 9.78. The van der Waals surface area contributed by atoms with Gasteiger partial charge in [-0.25, -0.2) is 4.98 Å². The summed E-state index contributed by atoms with van der Waals surface area (Å²) in [5.74, 6) is -0.321. The molecule has 0 aliphatic carbocycles. The Morgan fingerprint density at radius 3 is 2.47 bits per heavy atom. The molecule has 3 aromatic carbocycles. The number of aryl methyl sites for hydroxylation is 1. The molecule has 4 rings (SSSR count). The molecule has 0 atom stereocenters. The molecule has 0 saturated heterocycles. The minimum absolute atomic E-state index is 0.152. The molecule has 30 heavy (non-hydrogen) atoms. The number of imidazole rings is 1. The highest BCUT2D eigenvalue weighted by molar-refractivity contribution is 5.96. The van der Waals surface area contributed by atoms with Gasteiger partial charge in [0.2, 0.25) is 5.91 Å². The molecule has 1 heterocycles. The van der Waals surface area contributed by atoms with Crippen LogP contribution in [0.5, 0.6) is 0 Å². The molecule has 6 heteroatoms. The van der Waals surface area contributed by atoms with E-state index >= 15 is 0 Å². The van der Waals surface area contributed by atoms with Gasteiger partial charge in [-0.3, -0.25) is 14.2 Å². The first-order valence-electron chi connectivity index (χ1n) is 9.78. The summed E-state index contributed by atoms with van der Waals surface area (Å²) < 4.78 is 2.00. The lowest BCUT2D eigenvalue weighted by Gasteiger charge is -2.09. The maximum atomic E-state index is 12.2. The maximum absolute atomic E-state index is 12.2. The second kappa shape index (κ2) is 8.61. The van der Waals surface area contributed by atoms with E-state index in [1.165, 1.54) is 0 Å². The number of aromatic nitrogens is 2. The van der Waals surface area contributed by atoms with Crippen LogP contribution in [-0.4, -0.2) is 27.9 Å². The van der Waals surface area contributed by atoms with Crippen LogP contribution in [0, 0.1) is 6.92 Å². The molecule has 2 N–H and O–H groups in total. The minimum atomic E-state index is -0.169. The molecular weight excluding hydrogens is 376 g/mol. The zero-order valence-corrected chi connectivity index (χ0v) is 16.6. The Kier molecular flexibility index (Phi) is 5.57. The van der Waals surface area contributed by atoms with Crippen molar-refractivity contribution in [2.24, 2.45) is 0 Å². The predicted octanol–water partition coefficient (Wildman–Crippen LogP) is 4.09. The Hall–Kier alpha value is -3.93. The van der Waals surface area contributed by atoms with E-state index in [-0.39, 0.29) is 24.8 Å². The lowest BCUT2D eigenvalue weighted by atomic mass is 10.1. The van der Waals surface area contributed by atoms with Crippen LogP contribution in [0.25, 0.3) is 16.7 Å². The molecule has 0 radical (unpaired) electrons. The number of carbonyl (C=O) groups excluding carboxylic acids is 2. The molecule has 0 aliphatic heterocycles. The number of nitrogens with zero attached hydrogens (tertiary/aromatic N) is 2. The summed E-state index contributed by atoms with van der Waals surface area (Å²) in [6, 6.07) is 22.9. The molecule has 6 nitrogen and oxygen atoms in total. The fourth-order valence-electron chi connectivity index (χ4n) is 3.31. The molecule has 1 aromatic heterocycles. The number of fused-ring (bicyclic) bond motifs is 1. The van der Waals surface area contributed by atoms with Crippen molar-refractivity contribution in [1.29, 1.82) is 0 Å². The summed E-state index contributed by atoms with van der Waals surface area (Å²) in [6.07, 6.45) is 1.99. The third-order valence-corrected chi connectivity index (χ3v) is 4.91. The molecule has 4 aromatic rings. The van der Waals surface area contributed by atoms with Gasteiger partial charge in [0.25, 0.3) is 5.91 Å². The third-order valence-electron chi connectivity index (χ3n) is 4.91. The van der Waals surface area contributed by atoms with Gasteiger partial charge in [-0.15, -0.1) is 0 Å². The SMILES string of the molecule is Cc1ccccc1C(=O)NCCC(=O)Nc1ccc(-n2cnc3ccccc32)cc1. The van der Waals surface area contributed by atoms with Crippen LogP contribution < -0.4 is 10.6 Å². The number of anilines is 1. The minimum Gasteiger partial charge on any atom is -0.352 e. The number of nitrogens with one attached hydrogen (secondary N) is 2. The molecule has 0 spiro atoms. The number of hydrogen-bond donors (Lipinski definition) is 2. The quantitative estimate of drug-likeness (QED) is 0.514. The van der Waals surface area contributed by atoms with Gasteiger partial charge in [0.05, 0.1) is 11.0 Å². The Balaban J connectivity index is 1.32. The zero-order valence-electron chi connectivity index (χ0n) is 16.6. The lowest BCUT2D eigenvalue weighted by Crippen LogP contribution is -2.28. The summed E-state index contributed by atoms with van der Waals surface area (Å²) in [5, 5.41) is 5.65. The van der Waals surface area contributed by atoms with Crippen molar-refractivity contribution in [2.75, 3.05) is 11.9 Å². The Bertz CT molecular complexity index is 1200. The van der Waals surface area contributed by atoms with E-state index in [2.05, 4.69) is 15.6 Å². The lowest BCUT2D eigenvalue weighted by molar-refractivity contribution is -0.116. The molecule has 0 unspecified atom stereocenters. The van der Waals surface area contributed by atoms with Crippen LogP contribution in [0.2, 0.25) is 0 Å². The summed E-state index contributed by atoms with van der Waals surface area (Å²) in [7, 11) is 0.